The number of morpholine rings is 1. The van der Waals surface area contributed by atoms with Crippen molar-refractivity contribution in [3.05, 3.63) is 70.2 Å². The zero-order valence-electron chi connectivity index (χ0n) is 14.9. The minimum atomic E-state index is 0.0681. The minimum absolute atomic E-state index is 0.0681. The molecule has 2 aromatic rings. The van der Waals surface area contributed by atoms with Crippen LogP contribution >= 0.6 is 11.6 Å². The van der Waals surface area contributed by atoms with Gasteiger partial charge in [0.05, 0.1) is 13.2 Å². The van der Waals surface area contributed by atoms with Gasteiger partial charge in [0.2, 0.25) is 5.91 Å². The fourth-order valence-electron chi connectivity index (χ4n) is 3.05. The van der Waals surface area contributed by atoms with Gasteiger partial charge in [0.25, 0.3) is 0 Å². The molecule has 26 heavy (non-hydrogen) atoms. The monoisotopic (exact) mass is 372 g/mol. The minimum Gasteiger partial charge on any atom is -0.379 e. The van der Waals surface area contributed by atoms with Gasteiger partial charge in [-0.25, -0.2) is 0 Å². The molecule has 0 unspecified atom stereocenters. The summed E-state index contributed by atoms with van der Waals surface area (Å²) in [7, 11) is 0. The fourth-order valence-corrected chi connectivity index (χ4v) is 3.18. The van der Waals surface area contributed by atoms with Crippen LogP contribution in [0.15, 0.2) is 48.5 Å². The van der Waals surface area contributed by atoms with Crippen LogP contribution in [0.1, 0.15) is 23.1 Å². The molecule has 1 aliphatic heterocycles. The highest BCUT2D eigenvalue weighted by molar-refractivity contribution is 6.30. The van der Waals surface area contributed by atoms with Crippen molar-refractivity contribution in [3.8, 4) is 0 Å². The van der Waals surface area contributed by atoms with Gasteiger partial charge in [-0.05, 0) is 35.2 Å². The predicted molar refractivity (Wildman–Crippen MR) is 104 cm³/mol. The third kappa shape index (κ3) is 6.13. The molecule has 1 fully saturated rings. The molecule has 1 aliphatic rings. The Kier molecular flexibility index (Phi) is 7.06. The molecule has 0 atom stereocenters. The second-order valence-corrected chi connectivity index (χ2v) is 7.05. The molecule has 0 radical (unpaired) electrons. The molecule has 0 aliphatic carbocycles. The van der Waals surface area contributed by atoms with Gasteiger partial charge in [0.1, 0.15) is 0 Å². The number of rotatable bonds is 7. The van der Waals surface area contributed by atoms with Crippen LogP contribution in [-0.4, -0.2) is 37.1 Å². The Labute approximate surface area is 160 Å². The van der Waals surface area contributed by atoms with Crippen molar-refractivity contribution >= 4 is 17.5 Å². The van der Waals surface area contributed by atoms with Gasteiger partial charge < -0.3 is 10.1 Å². The van der Waals surface area contributed by atoms with E-state index in [4.69, 9.17) is 16.3 Å². The number of benzene rings is 2. The lowest BCUT2D eigenvalue weighted by molar-refractivity contribution is -0.121. The summed E-state index contributed by atoms with van der Waals surface area (Å²) in [5, 5.41) is 3.73. The molecule has 0 bridgehead atoms. The van der Waals surface area contributed by atoms with E-state index in [2.05, 4.69) is 34.5 Å². The van der Waals surface area contributed by atoms with Crippen LogP contribution in [0, 0.1) is 0 Å². The number of ether oxygens (including phenoxy) is 1. The highest BCUT2D eigenvalue weighted by Gasteiger charge is 2.11. The van der Waals surface area contributed by atoms with Crippen LogP contribution in [0.3, 0.4) is 0 Å². The number of carbonyl (C=O) groups is 1. The number of carbonyl (C=O) groups excluding carboxylic acids is 1. The normalized spacial score (nSPS) is 15.0. The van der Waals surface area contributed by atoms with E-state index in [9.17, 15) is 4.79 Å². The quantitative estimate of drug-likeness (QED) is 0.809. The Balaban J connectivity index is 1.44. The molecule has 1 heterocycles. The average Bonchev–Trinajstić information content (AvgIpc) is 2.67. The first kappa shape index (κ1) is 18.9. The average molecular weight is 373 g/mol. The molecule has 138 valence electrons. The van der Waals surface area contributed by atoms with Crippen molar-refractivity contribution in [2.24, 2.45) is 0 Å². The summed E-state index contributed by atoms with van der Waals surface area (Å²) in [6, 6.07) is 16.1. The van der Waals surface area contributed by atoms with E-state index in [1.807, 2.05) is 24.3 Å². The van der Waals surface area contributed by atoms with Crippen LogP contribution in [0.5, 0.6) is 0 Å². The van der Waals surface area contributed by atoms with Gasteiger partial charge in [0.15, 0.2) is 0 Å². The number of nitrogens with one attached hydrogen (secondary N) is 1. The lowest BCUT2D eigenvalue weighted by Gasteiger charge is -2.26. The molecule has 1 amide bonds. The van der Waals surface area contributed by atoms with E-state index in [-0.39, 0.29) is 5.91 Å². The first-order chi connectivity index (χ1) is 12.7. The molecular weight excluding hydrogens is 348 g/mol. The predicted octanol–water partition coefficient (Wildman–Crippen LogP) is 3.42. The van der Waals surface area contributed by atoms with Crippen molar-refractivity contribution < 1.29 is 9.53 Å². The molecule has 4 nitrogen and oxygen atoms in total. The largest absolute Gasteiger partial charge is 0.379 e. The zero-order valence-corrected chi connectivity index (χ0v) is 15.7. The maximum Gasteiger partial charge on any atom is 0.220 e. The Hall–Kier alpha value is -1.88. The van der Waals surface area contributed by atoms with Crippen LogP contribution in [0.2, 0.25) is 5.02 Å². The highest BCUT2D eigenvalue weighted by atomic mass is 35.5. The lowest BCUT2D eigenvalue weighted by atomic mass is 10.1. The topological polar surface area (TPSA) is 41.6 Å². The van der Waals surface area contributed by atoms with Crippen molar-refractivity contribution in [1.82, 2.24) is 10.2 Å². The van der Waals surface area contributed by atoms with Crippen molar-refractivity contribution in [1.29, 1.82) is 0 Å². The van der Waals surface area contributed by atoms with Gasteiger partial charge in [0, 0.05) is 37.6 Å². The Morgan fingerprint density at radius 1 is 1.04 bits per heavy atom. The first-order valence-corrected chi connectivity index (χ1v) is 9.46. The van der Waals surface area contributed by atoms with E-state index in [0.29, 0.717) is 13.0 Å². The van der Waals surface area contributed by atoms with Crippen LogP contribution in [0.4, 0.5) is 0 Å². The second-order valence-electron chi connectivity index (χ2n) is 6.61. The standard InChI is InChI=1S/C21H25ClN2O2/c22-20-7-4-17(5-8-20)6-9-21(25)23-15-18-2-1-3-19(14-18)16-24-10-12-26-13-11-24/h1-5,7-8,14H,6,9-13,15-16H2,(H,23,25). The number of halogens is 1. The maximum atomic E-state index is 12.1. The Morgan fingerprint density at radius 2 is 1.77 bits per heavy atom. The fraction of sp³-hybridized carbons (Fsp3) is 0.381. The van der Waals surface area contributed by atoms with Crippen molar-refractivity contribution in [2.75, 3.05) is 26.3 Å². The molecule has 3 rings (SSSR count). The number of aryl methyl sites for hydroxylation is 1. The summed E-state index contributed by atoms with van der Waals surface area (Å²) in [4.78, 5) is 14.5. The second kappa shape index (κ2) is 9.72. The summed E-state index contributed by atoms with van der Waals surface area (Å²) >= 11 is 5.88. The number of nitrogens with zero attached hydrogens (tertiary/aromatic N) is 1. The summed E-state index contributed by atoms with van der Waals surface area (Å²) in [6.07, 6.45) is 1.20. The van der Waals surface area contributed by atoms with Crippen molar-refractivity contribution in [2.45, 2.75) is 25.9 Å². The molecular formula is C21H25ClN2O2. The molecule has 2 aromatic carbocycles. The van der Waals surface area contributed by atoms with Crippen LogP contribution < -0.4 is 5.32 Å². The summed E-state index contributed by atoms with van der Waals surface area (Å²) in [6.45, 7) is 5.07. The van der Waals surface area contributed by atoms with E-state index >= 15 is 0 Å². The van der Waals surface area contributed by atoms with Gasteiger partial charge in [-0.2, -0.15) is 0 Å². The third-order valence-corrected chi connectivity index (χ3v) is 4.80. The lowest BCUT2D eigenvalue weighted by Crippen LogP contribution is -2.35. The first-order valence-electron chi connectivity index (χ1n) is 9.08. The summed E-state index contributed by atoms with van der Waals surface area (Å²) in [5.74, 6) is 0.0681. The Bertz CT molecular complexity index is 712. The van der Waals surface area contributed by atoms with Crippen molar-refractivity contribution in [3.63, 3.8) is 0 Å². The maximum absolute atomic E-state index is 12.1. The number of amides is 1. The zero-order chi connectivity index (χ0) is 18.2. The van der Waals surface area contributed by atoms with E-state index in [1.54, 1.807) is 0 Å². The molecule has 1 saturated heterocycles. The molecule has 0 spiro atoms. The molecule has 1 N–H and O–H groups in total. The number of hydrogen-bond donors (Lipinski definition) is 1. The smallest absolute Gasteiger partial charge is 0.220 e. The molecule has 0 saturated carbocycles. The van der Waals surface area contributed by atoms with Gasteiger partial charge >= 0.3 is 0 Å². The Morgan fingerprint density at radius 3 is 2.54 bits per heavy atom. The SMILES string of the molecule is O=C(CCc1ccc(Cl)cc1)NCc1cccc(CN2CCOCC2)c1. The molecule has 0 aromatic heterocycles. The highest BCUT2D eigenvalue weighted by Crippen LogP contribution is 2.12. The van der Waals surface area contributed by atoms with E-state index in [1.165, 1.54) is 5.56 Å². The van der Waals surface area contributed by atoms with E-state index in [0.717, 1.165) is 55.4 Å². The van der Waals surface area contributed by atoms with E-state index < -0.39 is 0 Å². The van der Waals surface area contributed by atoms with Gasteiger partial charge in [-0.3, -0.25) is 9.69 Å². The van der Waals surface area contributed by atoms with Gasteiger partial charge in [-0.1, -0.05) is 48.0 Å². The van der Waals surface area contributed by atoms with Crippen LogP contribution in [0.25, 0.3) is 0 Å². The summed E-state index contributed by atoms with van der Waals surface area (Å²) < 4.78 is 5.39. The number of hydrogen-bond acceptors (Lipinski definition) is 3. The molecule has 5 heteroatoms. The third-order valence-electron chi connectivity index (χ3n) is 4.54. The van der Waals surface area contributed by atoms with Gasteiger partial charge in [-0.15, -0.1) is 0 Å². The van der Waals surface area contributed by atoms with Crippen LogP contribution in [-0.2, 0) is 29.0 Å². The summed E-state index contributed by atoms with van der Waals surface area (Å²) in [5.41, 5.74) is 3.53.